The minimum absolute atomic E-state index is 0.222. The fourth-order valence-electron chi connectivity index (χ4n) is 1.43. The van der Waals surface area contributed by atoms with Crippen molar-refractivity contribution in [3.8, 4) is 17.2 Å². The molecule has 0 saturated heterocycles. The van der Waals surface area contributed by atoms with E-state index in [1.54, 1.807) is 0 Å². The van der Waals surface area contributed by atoms with Gasteiger partial charge < -0.3 is 14.6 Å². The molecule has 3 nitrogen and oxygen atoms in total. The van der Waals surface area contributed by atoms with Crippen LogP contribution in [0.2, 0.25) is 0 Å². The Bertz CT molecular complexity index is 320. The standard InChI is InChI=1S/C10H12O3/c1-2-7-3-4-8-10(9(7)11)13-6-5-12-8/h3-4,11H,2,5-6H2,1H3. The summed E-state index contributed by atoms with van der Waals surface area (Å²) in [4.78, 5) is 0. The number of rotatable bonds is 1. The van der Waals surface area contributed by atoms with E-state index in [1.165, 1.54) is 0 Å². The van der Waals surface area contributed by atoms with E-state index in [-0.39, 0.29) is 5.75 Å². The number of ether oxygens (including phenoxy) is 2. The molecule has 0 aliphatic carbocycles. The smallest absolute Gasteiger partial charge is 0.203 e. The first-order valence-electron chi connectivity index (χ1n) is 4.43. The molecule has 0 amide bonds. The van der Waals surface area contributed by atoms with Crippen LogP contribution in [0, 0.1) is 0 Å². The Morgan fingerprint density at radius 1 is 1.31 bits per heavy atom. The van der Waals surface area contributed by atoms with E-state index >= 15 is 0 Å². The SMILES string of the molecule is CCc1ccc2c(c1O)OCCO2. The van der Waals surface area contributed by atoms with Gasteiger partial charge in [-0.1, -0.05) is 13.0 Å². The zero-order chi connectivity index (χ0) is 9.26. The lowest BCUT2D eigenvalue weighted by atomic mass is 10.1. The maximum absolute atomic E-state index is 9.73. The molecular formula is C10H12O3. The summed E-state index contributed by atoms with van der Waals surface area (Å²) in [7, 11) is 0. The summed E-state index contributed by atoms with van der Waals surface area (Å²) in [6.07, 6.45) is 0.794. The average molecular weight is 180 g/mol. The predicted octanol–water partition coefficient (Wildman–Crippen LogP) is 1.73. The highest BCUT2D eigenvalue weighted by molar-refractivity contribution is 5.55. The summed E-state index contributed by atoms with van der Waals surface area (Å²) in [5.74, 6) is 1.35. The largest absolute Gasteiger partial charge is 0.504 e. The minimum Gasteiger partial charge on any atom is -0.504 e. The molecule has 2 rings (SSSR count). The summed E-state index contributed by atoms with van der Waals surface area (Å²) in [6, 6.07) is 3.70. The molecule has 1 aliphatic heterocycles. The molecule has 0 bridgehead atoms. The summed E-state index contributed by atoms with van der Waals surface area (Å²) in [5.41, 5.74) is 0.893. The van der Waals surface area contributed by atoms with E-state index in [1.807, 2.05) is 19.1 Å². The van der Waals surface area contributed by atoms with E-state index in [4.69, 9.17) is 9.47 Å². The van der Waals surface area contributed by atoms with Crippen LogP contribution in [-0.2, 0) is 6.42 Å². The number of phenolic OH excluding ortho intramolecular Hbond substituents is 1. The monoisotopic (exact) mass is 180 g/mol. The molecule has 0 spiro atoms. The Hall–Kier alpha value is -1.38. The molecule has 1 N–H and O–H groups in total. The first kappa shape index (κ1) is 8.23. The van der Waals surface area contributed by atoms with Crippen molar-refractivity contribution in [3.05, 3.63) is 17.7 Å². The third-order valence-electron chi connectivity index (χ3n) is 2.15. The number of aryl methyl sites for hydroxylation is 1. The first-order chi connectivity index (χ1) is 6.33. The molecule has 0 atom stereocenters. The molecular weight excluding hydrogens is 168 g/mol. The van der Waals surface area contributed by atoms with E-state index in [0.29, 0.717) is 24.7 Å². The van der Waals surface area contributed by atoms with Crippen molar-refractivity contribution in [2.75, 3.05) is 13.2 Å². The van der Waals surface area contributed by atoms with E-state index in [2.05, 4.69) is 0 Å². The molecule has 1 heterocycles. The van der Waals surface area contributed by atoms with Crippen LogP contribution in [-0.4, -0.2) is 18.3 Å². The number of hydrogen-bond donors (Lipinski definition) is 1. The molecule has 0 radical (unpaired) electrons. The lowest BCUT2D eigenvalue weighted by molar-refractivity contribution is 0.165. The maximum atomic E-state index is 9.73. The summed E-state index contributed by atoms with van der Waals surface area (Å²) in [6.45, 7) is 3.05. The molecule has 1 aromatic rings. The van der Waals surface area contributed by atoms with Gasteiger partial charge in [0.15, 0.2) is 11.5 Å². The van der Waals surface area contributed by atoms with Crippen molar-refractivity contribution in [1.82, 2.24) is 0 Å². The van der Waals surface area contributed by atoms with Crippen LogP contribution in [0.3, 0.4) is 0 Å². The molecule has 13 heavy (non-hydrogen) atoms. The first-order valence-corrected chi connectivity index (χ1v) is 4.43. The van der Waals surface area contributed by atoms with Crippen LogP contribution in [0.1, 0.15) is 12.5 Å². The van der Waals surface area contributed by atoms with Crippen molar-refractivity contribution in [2.24, 2.45) is 0 Å². The quantitative estimate of drug-likeness (QED) is 0.715. The van der Waals surface area contributed by atoms with Gasteiger partial charge in [0.25, 0.3) is 0 Å². The van der Waals surface area contributed by atoms with Gasteiger partial charge >= 0.3 is 0 Å². The molecule has 1 aliphatic rings. The van der Waals surface area contributed by atoms with Crippen molar-refractivity contribution >= 4 is 0 Å². The highest BCUT2D eigenvalue weighted by Crippen LogP contribution is 2.40. The van der Waals surface area contributed by atoms with Gasteiger partial charge in [-0.05, 0) is 18.1 Å². The zero-order valence-electron chi connectivity index (χ0n) is 7.54. The Morgan fingerprint density at radius 2 is 2.08 bits per heavy atom. The zero-order valence-corrected chi connectivity index (χ0v) is 7.54. The Balaban J connectivity index is 2.48. The second kappa shape index (κ2) is 3.17. The van der Waals surface area contributed by atoms with Crippen molar-refractivity contribution in [1.29, 1.82) is 0 Å². The molecule has 0 fully saturated rings. The topological polar surface area (TPSA) is 38.7 Å². The van der Waals surface area contributed by atoms with Gasteiger partial charge in [0.2, 0.25) is 5.75 Å². The molecule has 3 heteroatoms. The summed E-state index contributed by atoms with van der Waals surface area (Å²) in [5, 5.41) is 9.73. The number of benzene rings is 1. The van der Waals surface area contributed by atoms with Gasteiger partial charge in [-0.3, -0.25) is 0 Å². The number of phenols is 1. The predicted molar refractivity (Wildman–Crippen MR) is 48.5 cm³/mol. The molecule has 0 aromatic heterocycles. The lowest BCUT2D eigenvalue weighted by Gasteiger charge is -2.20. The lowest BCUT2D eigenvalue weighted by Crippen LogP contribution is -2.15. The van der Waals surface area contributed by atoms with E-state index in [9.17, 15) is 5.11 Å². The van der Waals surface area contributed by atoms with Crippen molar-refractivity contribution in [2.45, 2.75) is 13.3 Å². The van der Waals surface area contributed by atoms with Crippen LogP contribution in [0.25, 0.3) is 0 Å². The fraction of sp³-hybridized carbons (Fsp3) is 0.400. The van der Waals surface area contributed by atoms with Crippen LogP contribution in [0.4, 0.5) is 0 Å². The van der Waals surface area contributed by atoms with E-state index < -0.39 is 0 Å². The summed E-state index contributed by atoms with van der Waals surface area (Å²) < 4.78 is 10.6. The molecule has 0 unspecified atom stereocenters. The van der Waals surface area contributed by atoms with Gasteiger partial charge in [-0.25, -0.2) is 0 Å². The number of aromatic hydroxyl groups is 1. The average Bonchev–Trinajstić information content (AvgIpc) is 2.19. The Kier molecular flexibility index (Phi) is 2.00. The second-order valence-electron chi connectivity index (χ2n) is 2.95. The van der Waals surface area contributed by atoms with E-state index in [0.717, 1.165) is 12.0 Å². The van der Waals surface area contributed by atoms with Gasteiger partial charge in [-0.2, -0.15) is 0 Å². The number of fused-ring (bicyclic) bond motifs is 1. The van der Waals surface area contributed by atoms with Crippen molar-refractivity contribution in [3.63, 3.8) is 0 Å². The normalized spacial score (nSPS) is 14.2. The van der Waals surface area contributed by atoms with Gasteiger partial charge in [0.05, 0.1) is 0 Å². The maximum Gasteiger partial charge on any atom is 0.203 e. The van der Waals surface area contributed by atoms with Crippen LogP contribution in [0.15, 0.2) is 12.1 Å². The molecule has 1 aromatic carbocycles. The Labute approximate surface area is 76.9 Å². The third kappa shape index (κ3) is 1.30. The van der Waals surface area contributed by atoms with Gasteiger partial charge in [0.1, 0.15) is 13.2 Å². The van der Waals surface area contributed by atoms with Crippen molar-refractivity contribution < 1.29 is 14.6 Å². The summed E-state index contributed by atoms with van der Waals surface area (Å²) >= 11 is 0. The van der Waals surface area contributed by atoms with Gasteiger partial charge in [-0.15, -0.1) is 0 Å². The minimum atomic E-state index is 0.222. The van der Waals surface area contributed by atoms with Gasteiger partial charge in [0, 0.05) is 0 Å². The number of hydrogen-bond acceptors (Lipinski definition) is 3. The van der Waals surface area contributed by atoms with Crippen LogP contribution >= 0.6 is 0 Å². The van der Waals surface area contributed by atoms with Crippen LogP contribution in [0.5, 0.6) is 17.2 Å². The van der Waals surface area contributed by atoms with Crippen LogP contribution < -0.4 is 9.47 Å². The highest BCUT2D eigenvalue weighted by atomic mass is 16.6. The fourth-order valence-corrected chi connectivity index (χ4v) is 1.43. The second-order valence-corrected chi connectivity index (χ2v) is 2.95. The molecule has 70 valence electrons. The third-order valence-corrected chi connectivity index (χ3v) is 2.15. The highest BCUT2D eigenvalue weighted by Gasteiger charge is 2.17. The molecule has 0 saturated carbocycles. The Morgan fingerprint density at radius 3 is 2.85 bits per heavy atom.